The topological polar surface area (TPSA) is 116 Å². The molecule has 2 aromatic rings. The molecule has 0 fully saturated rings. The first-order valence-corrected chi connectivity index (χ1v) is 8.38. The Morgan fingerprint density at radius 1 is 1.00 bits per heavy atom. The predicted molar refractivity (Wildman–Crippen MR) is 107 cm³/mol. The van der Waals surface area contributed by atoms with Gasteiger partial charge in [0.1, 0.15) is 12.1 Å². The number of methoxy groups -OCH3 is 2. The molecule has 0 radical (unpaired) electrons. The van der Waals surface area contributed by atoms with E-state index >= 15 is 0 Å². The molecule has 0 aliphatic carbocycles. The first-order chi connectivity index (χ1) is 13.0. The molecule has 0 amide bonds. The fourth-order valence-electron chi connectivity index (χ4n) is 2.21. The minimum absolute atomic E-state index is 0. The zero-order chi connectivity index (χ0) is 20.1. The van der Waals surface area contributed by atoms with Gasteiger partial charge in [-0.05, 0) is 43.1 Å². The Morgan fingerprint density at radius 2 is 1.50 bits per heavy atom. The summed E-state index contributed by atoms with van der Waals surface area (Å²) in [5.74, 6) is -0.653. The van der Waals surface area contributed by atoms with Crippen LogP contribution in [-0.2, 0) is 31.9 Å². The summed E-state index contributed by atoms with van der Waals surface area (Å²) in [5.41, 5.74) is 7.50. The van der Waals surface area contributed by atoms with E-state index in [4.69, 9.17) is 5.73 Å². The van der Waals surface area contributed by atoms with Crippen LogP contribution in [0.25, 0.3) is 0 Å². The van der Waals surface area contributed by atoms with Gasteiger partial charge in [0, 0.05) is 24.8 Å². The normalized spacial score (nSPS) is 11.7. The van der Waals surface area contributed by atoms with Gasteiger partial charge in [-0.15, -0.1) is 0 Å². The Kier molecular flexibility index (Phi) is 12.8. The molecule has 0 unspecified atom stereocenters. The van der Waals surface area contributed by atoms with Gasteiger partial charge < -0.3 is 20.5 Å². The number of hydrogen-bond donors (Lipinski definition) is 2. The molecule has 0 aliphatic rings. The maximum atomic E-state index is 11.2. The summed E-state index contributed by atoms with van der Waals surface area (Å²) in [7, 11) is 4.44. The van der Waals surface area contributed by atoms with Crippen molar-refractivity contribution in [2.75, 3.05) is 21.3 Å². The van der Waals surface area contributed by atoms with Gasteiger partial charge in [-0.25, -0.2) is 0 Å². The SMILES string of the molecule is C.CN[C@@H](Cc1cccnc1)C(=O)OC.COC(=O)[C@@H](N)Cc1cccnc1. The molecule has 8 heteroatoms. The number of esters is 2. The highest BCUT2D eigenvalue weighted by Gasteiger charge is 2.17. The Balaban J connectivity index is 0.000000504. The second-order valence-electron chi connectivity index (χ2n) is 5.62. The molecule has 2 rings (SSSR count). The van der Waals surface area contributed by atoms with Crippen molar-refractivity contribution in [3.63, 3.8) is 0 Å². The summed E-state index contributed by atoms with van der Waals surface area (Å²) in [4.78, 5) is 30.1. The number of nitrogens with two attached hydrogens (primary N) is 1. The van der Waals surface area contributed by atoms with Crippen LogP contribution >= 0.6 is 0 Å². The van der Waals surface area contributed by atoms with Crippen molar-refractivity contribution >= 4 is 11.9 Å². The predicted octanol–water partition coefficient (Wildman–Crippen LogP) is 1.15. The highest BCUT2D eigenvalue weighted by atomic mass is 16.5. The van der Waals surface area contributed by atoms with Gasteiger partial charge in [-0.2, -0.15) is 0 Å². The highest BCUT2D eigenvalue weighted by molar-refractivity contribution is 5.76. The summed E-state index contributed by atoms with van der Waals surface area (Å²) in [6, 6.07) is 6.55. The van der Waals surface area contributed by atoms with Crippen LogP contribution < -0.4 is 11.1 Å². The number of hydrogen-bond acceptors (Lipinski definition) is 8. The molecule has 28 heavy (non-hydrogen) atoms. The Labute approximate surface area is 166 Å². The fourth-order valence-corrected chi connectivity index (χ4v) is 2.21. The van der Waals surface area contributed by atoms with Gasteiger partial charge >= 0.3 is 11.9 Å². The van der Waals surface area contributed by atoms with Crippen molar-refractivity contribution < 1.29 is 19.1 Å². The van der Waals surface area contributed by atoms with Gasteiger partial charge in [0.25, 0.3) is 0 Å². The summed E-state index contributed by atoms with van der Waals surface area (Å²) >= 11 is 0. The molecule has 0 bridgehead atoms. The molecule has 2 atom stereocenters. The molecule has 0 aliphatic heterocycles. The molecule has 8 nitrogen and oxygen atoms in total. The van der Waals surface area contributed by atoms with Crippen LogP contribution in [0.1, 0.15) is 18.6 Å². The zero-order valence-corrected chi connectivity index (χ0v) is 15.8. The lowest BCUT2D eigenvalue weighted by Crippen LogP contribution is -2.36. The zero-order valence-electron chi connectivity index (χ0n) is 15.8. The lowest BCUT2D eigenvalue weighted by molar-refractivity contribution is -0.143. The maximum absolute atomic E-state index is 11.2. The number of carbonyl (C=O) groups is 2. The first-order valence-electron chi connectivity index (χ1n) is 8.38. The van der Waals surface area contributed by atoms with E-state index < -0.39 is 12.0 Å². The molecule has 0 spiro atoms. The lowest BCUT2D eigenvalue weighted by atomic mass is 10.1. The molecule has 2 heterocycles. The van der Waals surface area contributed by atoms with Gasteiger partial charge in [0.05, 0.1) is 14.2 Å². The number of carbonyl (C=O) groups excluding carboxylic acids is 2. The third-order valence-electron chi connectivity index (χ3n) is 3.68. The van der Waals surface area contributed by atoms with E-state index in [1.807, 2.05) is 18.2 Å². The standard InChI is InChI=1S/C10H14N2O2.C9H12N2O2.CH4/c1-11-9(10(13)14-2)6-8-4-3-5-12-7-8;1-13-9(12)8(10)5-7-3-2-4-11-6-7;/h3-5,7,9,11H,6H2,1-2H3;2-4,6,8H,5,10H2,1H3;1H4/t9-;8-;/m00./s1. The third kappa shape index (κ3) is 9.20. The number of nitrogens with zero attached hydrogens (tertiary/aromatic N) is 2. The van der Waals surface area contributed by atoms with Crippen molar-refractivity contribution in [3.8, 4) is 0 Å². The first kappa shape index (κ1) is 25.2. The number of nitrogens with one attached hydrogen (secondary N) is 1. The minimum Gasteiger partial charge on any atom is -0.468 e. The molecule has 2 aromatic heterocycles. The van der Waals surface area contributed by atoms with E-state index in [0.717, 1.165) is 11.1 Å². The van der Waals surface area contributed by atoms with E-state index in [9.17, 15) is 9.59 Å². The molecule has 0 saturated heterocycles. The Bertz CT molecular complexity index is 683. The number of ether oxygens (including phenoxy) is 2. The third-order valence-corrected chi connectivity index (χ3v) is 3.68. The van der Waals surface area contributed by atoms with Gasteiger partial charge in [-0.1, -0.05) is 19.6 Å². The average Bonchev–Trinajstić information content (AvgIpc) is 2.72. The fraction of sp³-hybridized carbons (Fsp3) is 0.400. The van der Waals surface area contributed by atoms with Gasteiger partial charge in [0.2, 0.25) is 0 Å². The molecule has 0 aromatic carbocycles. The molecular weight excluding hydrogens is 360 g/mol. The van der Waals surface area contributed by atoms with Crippen LogP contribution in [0.2, 0.25) is 0 Å². The molecule has 0 saturated carbocycles. The maximum Gasteiger partial charge on any atom is 0.323 e. The number of rotatable bonds is 7. The Hall–Kier alpha value is -2.84. The van der Waals surface area contributed by atoms with E-state index in [0.29, 0.717) is 12.8 Å². The molecule has 154 valence electrons. The summed E-state index contributed by atoms with van der Waals surface area (Å²) in [6.45, 7) is 0. The van der Waals surface area contributed by atoms with Crippen molar-refractivity contribution in [2.24, 2.45) is 5.73 Å². The number of likely N-dealkylation sites (N-methyl/N-ethyl adjacent to an activating group) is 1. The monoisotopic (exact) mass is 390 g/mol. The molecule has 3 N–H and O–H groups in total. The number of pyridine rings is 2. The van der Waals surface area contributed by atoms with Gasteiger partial charge in [-0.3, -0.25) is 19.6 Å². The molecular formula is C20H30N4O4. The largest absolute Gasteiger partial charge is 0.468 e. The van der Waals surface area contributed by atoms with Crippen LogP contribution in [0.3, 0.4) is 0 Å². The van der Waals surface area contributed by atoms with E-state index in [2.05, 4.69) is 24.8 Å². The van der Waals surface area contributed by atoms with E-state index in [-0.39, 0.29) is 19.4 Å². The van der Waals surface area contributed by atoms with Crippen LogP contribution in [0.15, 0.2) is 49.1 Å². The van der Waals surface area contributed by atoms with Crippen LogP contribution in [0, 0.1) is 0 Å². The minimum atomic E-state index is -0.603. The van der Waals surface area contributed by atoms with Crippen molar-refractivity contribution in [3.05, 3.63) is 60.2 Å². The van der Waals surface area contributed by atoms with Crippen LogP contribution in [-0.4, -0.2) is 55.3 Å². The second-order valence-corrected chi connectivity index (χ2v) is 5.62. The quantitative estimate of drug-likeness (QED) is 0.676. The number of aromatic nitrogens is 2. The summed E-state index contributed by atoms with van der Waals surface area (Å²) < 4.78 is 9.15. The summed E-state index contributed by atoms with van der Waals surface area (Å²) in [6.07, 6.45) is 7.86. The average molecular weight is 390 g/mol. The highest BCUT2D eigenvalue weighted by Crippen LogP contribution is 2.02. The smallest absolute Gasteiger partial charge is 0.323 e. The Morgan fingerprint density at radius 3 is 1.89 bits per heavy atom. The van der Waals surface area contributed by atoms with Crippen molar-refractivity contribution in [1.82, 2.24) is 15.3 Å². The van der Waals surface area contributed by atoms with Crippen LogP contribution in [0.4, 0.5) is 0 Å². The summed E-state index contributed by atoms with van der Waals surface area (Å²) in [5, 5.41) is 2.90. The van der Waals surface area contributed by atoms with Crippen molar-refractivity contribution in [2.45, 2.75) is 32.4 Å². The van der Waals surface area contributed by atoms with E-state index in [1.54, 1.807) is 37.9 Å². The van der Waals surface area contributed by atoms with Gasteiger partial charge in [0.15, 0.2) is 0 Å². The van der Waals surface area contributed by atoms with E-state index in [1.165, 1.54) is 14.2 Å². The lowest BCUT2D eigenvalue weighted by Gasteiger charge is -2.12. The van der Waals surface area contributed by atoms with Crippen molar-refractivity contribution in [1.29, 1.82) is 0 Å². The second kappa shape index (κ2) is 14.2. The van der Waals surface area contributed by atoms with Crippen LogP contribution in [0.5, 0.6) is 0 Å².